The smallest absolute Gasteiger partial charge is 0.266 e. The molecule has 1 saturated heterocycles. The van der Waals surface area contributed by atoms with Crippen molar-refractivity contribution >= 4 is 11.7 Å². The molecular formula is C22H23FN6O2. The first-order valence-electron chi connectivity index (χ1n) is 10.2. The standard InChI is InChI=1S/C22H23FN6O2/c23-18-5-3-16(4-6-18)19-7-8-20(27-26-19)28-13-9-17(10-14-28)22(31)24-12-15-29-21(30)2-1-11-25-29/h1-8,11,17H,9-10,12-15H2,(H,24,31). The first kappa shape index (κ1) is 20.6. The quantitative estimate of drug-likeness (QED) is 0.652. The Morgan fingerprint density at radius 3 is 2.52 bits per heavy atom. The number of carbonyl (C=O) groups excluding carboxylic acids is 1. The van der Waals surface area contributed by atoms with Gasteiger partial charge >= 0.3 is 0 Å². The van der Waals surface area contributed by atoms with Crippen LogP contribution in [0.4, 0.5) is 10.2 Å². The van der Waals surface area contributed by atoms with Crippen molar-refractivity contribution < 1.29 is 9.18 Å². The van der Waals surface area contributed by atoms with Gasteiger partial charge in [-0.3, -0.25) is 9.59 Å². The molecule has 0 aliphatic carbocycles. The predicted molar refractivity (Wildman–Crippen MR) is 114 cm³/mol. The van der Waals surface area contributed by atoms with Crippen molar-refractivity contribution in [3.63, 3.8) is 0 Å². The second kappa shape index (κ2) is 9.46. The minimum absolute atomic E-state index is 0.00127. The third kappa shape index (κ3) is 5.11. The number of carbonyl (C=O) groups is 1. The van der Waals surface area contributed by atoms with Crippen molar-refractivity contribution in [3.05, 3.63) is 70.9 Å². The first-order chi connectivity index (χ1) is 15.1. The Morgan fingerprint density at radius 2 is 1.84 bits per heavy atom. The van der Waals surface area contributed by atoms with Crippen molar-refractivity contribution in [2.45, 2.75) is 19.4 Å². The molecule has 8 nitrogen and oxygen atoms in total. The number of anilines is 1. The molecule has 0 radical (unpaired) electrons. The molecule has 2 aromatic heterocycles. The van der Waals surface area contributed by atoms with E-state index in [9.17, 15) is 14.0 Å². The number of hydrogen-bond acceptors (Lipinski definition) is 6. The summed E-state index contributed by atoms with van der Waals surface area (Å²) in [6.07, 6.45) is 2.99. The molecule has 1 fully saturated rings. The van der Waals surface area contributed by atoms with E-state index in [-0.39, 0.29) is 23.2 Å². The van der Waals surface area contributed by atoms with E-state index in [0.717, 1.165) is 24.2 Å². The van der Waals surface area contributed by atoms with Gasteiger partial charge in [-0.25, -0.2) is 9.07 Å². The highest BCUT2D eigenvalue weighted by Crippen LogP contribution is 2.23. The maximum atomic E-state index is 13.1. The monoisotopic (exact) mass is 422 g/mol. The van der Waals surface area contributed by atoms with Gasteiger partial charge in [-0.15, -0.1) is 10.2 Å². The van der Waals surface area contributed by atoms with E-state index in [1.54, 1.807) is 24.4 Å². The highest BCUT2D eigenvalue weighted by molar-refractivity contribution is 5.78. The number of piperidine rings is 1. The molecular weight excluding hydrogens is 399 g/mol. The van der Waals surface area contributed by atoms with Crippen LogP contribution < -0.4 is 15.8 Å². The van der Waals surface area contributed by atoms with Crippen LogP contribution in [0, 0.1) is 11.7 Å². The molecule has 31 heavy (non-hydrogen) atoms. The van der Waals surface area contributed by atoms with Gasteiger partial charge in [0.05, 0.1) is 12.2 Å². The highest BCUT2D eigenvalue weighted by atomic mass is 19.1. The fraction of sp³-hybridized carbons (Fsp3) is 0.318. The van der Waals surface area contributed by atoms with Gasteiger partial charge in [-0.05, 0) is 55.3 Å². The number of aromatic nitrogens is 4. The summed E-state index contributed by atoms with van der Waals surface area (Å²) < 4.78 is 14.4. The molecule has 1 N–H and O–H groups in total. The summed E-state index contributed by atoms with van der Waals surface area (Å²) in [5, 5.41) is 15.4. The number of halogens is 1. The molecule has 0 atom stereocenters. The molecule has 1 aliphatic heterocycles. The average molecular weight is 422 g/mol. The van der Waals surface area contributed by atoms with Gasteiger partial charge in [0, 0.05) is 43.4 Å². The van der Waals surface area contributed by atoms with Crippen LogP contribution in [0.1, 0.15) is 12.8 Å². The highest BCUT2D eigenvalue weighted by Gasteiger charge is 2.25. The SMILES string of the molecule is O=C(NCCn1ncccc1=O)C1CCN(c2ccc(-c3ccc(F)cc3)nn2)CC1. The Bertz CT molecular complexity index is 1080. The minimum atomic E-state index is -0.286. The van der Waals surface area contributed by atoms with E-state index in [2.05, 4.69) is 25.5 Å². The van der Waals surface area contributed by atoms with Crippen LogP contribution in [-0.2, 0) is 11.3 Å². The van der Waals surface area contributed by atoms with Gasteiger partial charge in [0.2, 0.25) is 5.91 Å². The zero-order chi connectivity index (χ0) is 21.6. The van der Waals surface area contributed by atoms with Crippen LogP contribution in [0.2, 0.25) is 0 Å². The number of benzene rings is 1. The minimum Gasteiger partial charge on any atom is -0.355 e. The number of amides is 1. The molecule has 3 heterocycles. The van der Waals surface area contributed by atoms with E-state index >= 15 is 0 Å². The van der Waals surface area contributed by atoms with Crippen LogP contribution in [0.25, 0.3) is 11.3 Å². The lowest BCUT2D eigenvalue weighted by molar-refractivity contribution is -0.125. The van der Waals surface area contributed by atoms with E-state index in [0.29, 0.717) is 31.9 Å². The molecule has 1 aromatic carbocycles. The topological polar surface area (TPSA) is 93.0 Å². The molecule has 4 rings (SSSR count). The number of hydrogen-bond donors (Lipinski definition) is 1. The third-order valence-electron chi connectivity index (χ3n) is 5.39. The summed E-state index contributed by atoms with van der Waals surface area (Å²) >= 11 is 0. The van der Waals surface area contributed by atoms with E-state index in [1.807, 2.05) is 12.1 Å². The third-order valence-corrected chi connectivity index (χ3v) is 5.39. The largest absolute Gasteiger partial charge is 0.355 e. The summed E-state index contributed by atoms with van der Waals surface area (Å²) in [6, 6.07) is 12.9. The van der Waals surface area contributed by atoms with Crippen LogP contribution in [0.5, 0.6) is 0 Å². The Balaban J connectivity index is 1.26. The number of nitrogens with one attached hydrogen (secondary N) is 1. The van der Waals surface area contributed by atoms with Crippen LogP contribution in [0.3, 0.4) is 0 Å². The zero-order valence-electron chi connectivity index (χ0n) is 16.9. The summed E-state index contributed by atoms with van der Waals surface area (Å²) in [7, 11) is 0. The molecule has 1 aliphatic rings. The molecule has 9 heteroatoms. The average Bonchev–Trinajstić information content (AvgIpc) is 2.81. The maximum absolute atomic E-state index is 13.1. The second-order valence-electron chi connectivity index (χ2n) is 7.42. The predicted octanol–water partition coefficient (Wildman–Crippen LogP) is 1.87. The van der Waals surface area contributed by atoms with Crippen molar-refractivity contribution in [2.75, 3.05) is 24.5 Å². The van der Waals surface area contributed by atoms with Crippen molar-refractivity contribution in [1.29, 1.82) is 0 Å². The van der Waals surface area contributed by atoms with Crippen LogP contribution in [-0.4, -0.2) is 45.5 Å². The van der Waals surface area contributed by atoms with Gasteiger partial charge in [0.1, 0.15) is 5.82 Å². The molecule has 160 valence electrons. The summed E-state index contributed by atoms with van der Waals surface area (Å²) in [6.45, 7) is 2.14. The molecule has 0 spiro atoms. The molecule has 0 unspecified atom stereocenters. The lowest BCUT2D eigenvalue weighted by Crippen LogP contribution is -2.42. The molecule has 0 bridgehead atoms. The van der Waals surface area contributed by atoms with Crippen molar-refractivity contribution in [3.8, 4) is 11.3 Å². The lowest BCUT2D eigenvalue weighted by Gasteiger charge is -2.31. The number of rotatable bonds is 6. The summed E-state index contributed by atoms with van der Waals surface area (Å²) in [4.78, 5) is 26.2. The Labute approximate surface area is 178 Å². The molecule has 1 amide bonds. The summed E-state index contributed by atoms with van der Waals surface area (Å²) in [5.74, 6) is 0.412. The van der Waals surface area contributed by atoms with Crippen LogP contribution >= 0.6 is 0 Å². The first-order valence-corrected chi connectivity index (χ1v) is 10.2. The van der Waals surface area contributed by atoms with Crippen LogP contribution in [0.15, 0.2) is 59.5 Å². The lowest BCUT2D eigenvalue weighted by atomic mass is 9.96. The van der Waals surface area contributed by atoms with E-state index < -0.39 is 0 Å². The number of nitrogens with zero attached hydrogens (tertiary/aromatic N) is 5. The Morgan fingerprint density at radius 1 is 1.06 bits per heavy atom. The van der Waals surface area contributed by atoms with Gasteiger partial charge in [0.25, 0.3) is 5.56 Å². The van der Waals surface area contributed by atoms with Gasteiger partial charge in [-0.2, -0.15) is 5.10 Å². The van der Waals surface area contributed by atoms with Crippen molar-refractivity contribution in [2.24, 2.45) is 5.92 Å². The molecule has 3 aromatic rings. The van der Waals surface area contributed by atoms with Crippen molar-refractivity contribution in [1.82, 2.24) is 25.3 Å². The van der Waals surface area contributed by atoms with E-state index in [4.69, 9.17) is 0 Å². The fourth-order valence-electron chi connectivity index (χ4n) is 3.62. The summed E-state index contributed by atoms with van der Waals surface area (Å²) in [5.41, 5.74) is 1.31. The Kier molecular flexibility index (Phi) is 6.30. The fourth-order valence-corrected chi connectivity index (χ4v) is 3.62. The second-order valence-corrected chi connectivity index (χ2v) is 7.42. The molecule has 0 saturated carbocycles. The zero-order valence-corrected chi connectivity index (χ0v) is 16.9. The normalized spacial score (nSPS) is 14.4. The van der Waals surface area contributed by atoms with Gasteiger partial charge < -0.3 is 10.2 Å². The van der Waals surface area contributed by atoms with Gasteiger partial charge in [0.15, 0.2) is 5.82 Å². The maximum Gasteiger partial charge on any atom is 0.266 e. The Hall–Kier alpha value is -3.62. The van der Waals surface area contributed by atoms with E-state index in [1.165, 1.54) is 22.9 Å². The van der Waals surface area contributed by atoms with Gasteiger partial charge in [-0.1, -0.05) is 0 Å².